The summed E-state index contributed by atoms with van der Waals surface area (Å²) in [5.74, 6) is 0.752. The summed E-state index contributed by atoms with van der Waals surface area (Å²) in [4.78, 5) is 4.72. The van der Waals surface area contributed by atoms with E-state index in [-0.39, 0.29) is 0 Å². The molecular formula is C10H20N2. The van der Waals surface area contributed by atoms with Gasteiger partial charge in [-0.3, -0.25) is 0 Å². The summed E-state index contributed by atoms with van der Waals surface area (Å²) in [6, 6.07) is 0.624. The van der Waals surface area contributed by atoms with E-state index in [0.717, 1.165) is 12.6 Å². The van der Waals surface area contributed by atoms with E-state index < -0.39 is 0 Å². The molecule has 0 spiro atoms. The van der Waals surface area contributed by atoms with Crippen LogP contribution in [0.1, 0.15) is 27.7 Å². The molecular weight excluding hydrogens is 148 g/mol. The summed E-state index contributed by atoms with van der Waals surface area (Å²) < 4.78 is 0. The van der Waals surface area contributed by atoms with Crippen LogP contribution in [0.3, 0.4) is 0 Å². The molecule has 0 unspecified atom stereocenters. The van der Waals surface area contributed by atoms with Crippen molar-refractivity contribution in [1.29, 1.82) is 0 Å². The molecule has 70 valence electrons. The minimum atomic E-state index is 0.624. The van der Waals surface area contributed by atoms with Crippen molar-refractivity contribution in [2.24, 2.45) is 5.92 Å². The van der Waals surface area contributed by atoms with Crippen LogP contribution in [-0.2, 0) is 0 Å². The SMILES string of the molecule is CC(C)CN1C=CN(C(C)C)C1. The number of hydrogen-bond acceptors (Lipinski definition) is 2. The van der Waals surface area contributed by atoms with Gasteiger partial charge in [-0.25, -0.2) is 0 Å². The van der Waals surface area contributed by atoms with Gasteiger partial charge in [-0.2, -0.15) is 0 Å². The smallest absolute Gasteiger partial charge is 0.0896 e. The minimum absolute atomic E-state index is 0.624. The Morgan fingerprint density at radius 3 is 2.25 bits per heavy atom. The Hall–Kier alpha value is -0.660. The van der Waals surface area contributed by atoms with Crippen LogP contribution in [0, 0.1) is 5.92 Å². The molecule has 1 rings (SSSR count). The summed E-state index contributed by atoms with van der Waals surface area (Å²) in [5, 5.41) is 0. The van der Waals surface area contributed by atoms with Crippen molar-refractivity contribution in [2.45, 2.75) is 33.7 Å². The molecule has 0 fully saturated rings. The molecule has 0 bridgehead atoms. The van der Waals surface area contributed by atoms with E-state index in [2.05, 4.69) is 49.9 Å². The lowest BCUT2D eigenvalue weighted by molar-refractivity contribution is 0.217. The fraction of sp³-hybridized carbons (Fsp3) is 0.800. The zero-order chi connectivity index (χ0) is 9.14. The first-order chi connectivity index (χ1) is 5.59. The molecule has 1 heterocycles. The van der Waals surface area contributed by atoms with Crippen LogP contribution in [0.25, 0.3) is 0 Å². The van der Waals surface area contributed by atoms with Gasteiger partial charge in [0, 0.05) is 25.0 Å². The molecule has 0 amide bonds. The van der Waals surface area contributed by atoms with Crippen molar-refractivity contribution in [2.75, 3.05) is 13.2 Å². The van der Waals surface area contributed by atoms with Crippen LogP contribution in [0.4, 0.5) is 0 Å². The van der Waals surface area contributed by atoms with Crippen molar-refractivity contribution < 1.29 is 0 Å². The predicted octanol–water partition coefficient (Wildman–Crippen LogP) is 2.10. The van der Waals surface area contributed by atoms with E-state index in [1.54, 1.807) is 0 Å². The van der Waals surface area contributed by atoms with E-state index in [4.69, 9.17) is 0 Å². The monoisotopic (exact) mass is 168 g/mol. The molecule has 0 aromatic heterocycles. The maximum absolute atomic E-state index is 2.37. The highest BCUT2D eigenvalue weighted by atomic mass is 15.3. The third-order valence-corrected chi connectivity index (χ3v) is 2.08. The van der Waals surface area contributed by atoms with E-state index in [1.165, 1.54) is 6.54 Å². The Bertz CT molecular complexity index is 161. The van der Waals surface area contributed by atoms with Gasteiger partial charge in [0.25, 0.3) is 0 Å². The molecule has 1 aliphatic heterocycles. The first-order valence-electron chi connectivity index (χ1n) is 4.77. The van der Waals surface area contributed by atoms with E-state index >= 15 is 0 Å². The number of hydrogen-bond donors (Lipinski definition) is 0. The average Bonchev–Trinajstić information content (AvgIpc) is 2.34. The van der Waals surface area contributed by atoms with Crippen LogP contribution < -0.4 is 0 Å². The largest absolute Gasteiger partial charge is 0.358 e. The van der Waals surface area contributed by atoms with Crippen LogP contribution >= 0.6 is 0 Å². The van der Waals surface area contributed by atoms with Gasteiger partial charge in [-0.15, -0.1) is 0 Å². The van der Waals surface area contributed by atoms with E-state index in [9.17, 15) is 0 Å². The second-order valence-corrected chi connectivity index (χ2v) is 4.21. The highest BCUT2D eigenvalue weighted by Crippen LogP contribution is 2.11. The van der Waals surface area contributed by atoms with Crippen molar-refractivity contribution in [3.8, 4) is 0 Å². The van der Waals surface area contributed by atoms with Crippen LogP contribution in [0.5, 0.6) is 0 Å². The Morgan fingerprint density at radius 2 is 1.83 bits per heavy atom. The van der Waals surface area contributed by atoms with E-state index in [1.807, 2.05) is 0 Å². The molecule has 0 saturated carbocycles. The Balaban J connectivity index is 2.32. The van der Waals surface area contributed by atoms with Crippen molar-refractivity contribution >= 4 is 0 Å². The van der Waals surface area contributed by atoms with Crippen molar-refractivity contribution in [3.63, 3.8) is 0 Å². The lowest BCUT2D eigenvalue weighted by atomic mass is 10.2. The lowest BCUT2D eigenvalue weighted by Gasteiger charge is -2.25. The number of nitrogens with zero attached hydrogens (tertiary/aromatic N) is 2. The summed E-state index contributed by atoms with van der Waals surface area (Å²) in [7, 11) is 0. The Kier molecular flexibility index (Phi) is 3.01. The quantitative estimate of drug-likeness (QED) is 0.636. The van der Waals surface area contributed by atoms with Crippen molar-refractivity contribution in [1.82, 2.24) is 9.80 Å². The van der Waals surface area contributed by atoms with Gasteiger partial charge >= 0.3 is 0 Å². The van der Waals surface area contributed by atoms with Gasteiger partial charge in [0.15, 0.2) is 0 Å². The fourth-order valence-corrected chi connectivity index (χ4v) is 1.41. The second kappa shape index (κ2) is 3.83. The molecule has 0 atom stereocenters. The van der Waals surface area contributed by atoms with E-state index in [0.29, 0.717) is 6.04 Å². The topological polar surface area (TPSA) is 6.48 Å². The second-order valence-electron chi connectivity index (χ2n) is 4.21. The molecule has 0 aromatic rings. The standard InChI is InChI=1S/C10H20N2/c1-9(2)7-11-5-6-12(8-11)10(3)4/h5-6,9-10H,7-8H2,1-4H3. The third kappa shape index (κ3) is 2.43. The van der Waals surface area contributed by atoms with Crippen LogP contribution in [0.2, 0.25) is 0 Å². The molecule has 0 aromatic carbocycles. The van der Waals surface area contributed by atoms with Gasteiger partial charge in [-0.05, 0) is 19.8 Å². The molecule has 2 nitrogen and oxygen atoms in total. The minimum Gasteiger partial charge on any atom is -0.358 e. The summed E-state index contributed by atoms with van der Waals surface area (Å²) in [6.45, 7) is 11.2. The molecule has 0 radical (unpaired) electrons. The molecule has 0 N–H and O–H groups in total. The first-order valence-corrected chi connectivity index (χ1v) is 4.77. The molecule has 0 aliphatic carbocycles. The van der Waals surface area contributed by atoms with Gasteiger partial charge in [0.2, 0.25) is 0 Å². The van der Waals surface area contributed by atoms with Crippen molar-refractivity contribution in [3.05, 3.63) is 12.4 Å². The zero-order valence-electron chi connectivity index (χ0n) is 8.62. The normalized spacial score (nSPS) is 17.2. The number of rotatable bonds is 3. The third-order valence-electron chi connectivity index (χ3n) is 2.08. The Labute approximate surface area is 75.8 Å². The first kappa shape index (κ1) is 9.43. The molecule has 2 heteroatoms. The predicted molar refractivity (Wildman–Crippen MR) is 52.5 cm³/mol. The Morgan fingerprint density at radius 1 is 1.17 bits per heavy atom. The van der Waals surface area contributed by atoms with Gasteiger partial charge < -0.3 is 9.80 Å². The summed E-state index contributed by atoms with van der Waals surface area (Å²) >= 11 is 0. The fourth-order valence-electron chi connectivity index (χ4n) is 1.41. The lowest BCUT2D eigenvalue weighted by Crippen LogP contribution is -2.31. The maximum atomic E-state index is 2.37. The van der Waals surface area contributed by atoms with Gasteiger partial charge in [-0.1, -0.05) is 13.8 Å². The average molecular weight is 168 g/mol. The summed E-state index contributed by atoms with van der Waals surface area (Å²) in [6.07, 6.45) is 4.38. The molecule has 0 saturated heterocycles. The summed E-state index contributed by atoms with van der Waals surface area (Å²) in [5.41, 5.74) is 0. The molecule has 1 aliphatic rings. The molecule has 12 heavy (non-hydrogen) atoms. The highest BCUT2D eigenvalue weighted by Gasteiger charge is 2.14. The van der Waals surface area contributed by atoms with Crippen LogP contribution in [-0.4, -0.2) is 29.1 Å². The zero-order valence-corrected chi connectivity index (χ0v) is 8.62. The van der Waals surface area contributed by atoms with Gasteiger partial charge in [0.1, 0.15) is 0 Å². The maximum Gasteiger partial charge on any atom is 0.0896 e. The van der Waals surface area contributed by atoms with Gasteiger partial charge in [0.05, 0.1) is 6.67 Å². The van der Waals surface area contributed by atoms with Crippen LogP contribution in [0.15, 0.2) is 12.4 Å². The highest BCUT2D eigenvalue weighted by molar-refractivity contribution is 4.92.